The van der Waals surface area contributed by atoms with E-state index in [1.165, 1.54) is 11.1 Å². The molecule has 2 atom stereocenters. The lowest BCUT2D eigenvalue weighted by atomic mass is 10.2. The average Bonchev–Trinajstić information content (AvgIpc) is 3.00. The highest BCUT2D eigenvalue weighted by Gasteiger charge is 2.22. The summed E-state index contributed by atoms with van der Waals surface area (Å²) in [6, 6.07) is 15.6. The molecule has 0 saturated carbocycles. The Kier molecular flexibility index (Phi) is 10.5. The van der Waals surface area contributed by atoms with Gasteiger partial charge < -0.3 is 29.5 Å². The summed E-state index contributed by atoms with van der Waals surface area (Å²) in [6.07, 6.45) is 2.56. The van der Waals surface area contributed by atoms with E-state index in [1.54, 1.807) is 0 Å². The van der Waals surface area contributed by atoms with E-state index in [0.717, 1.165) is 64.0 Å². The molecule has 2 saturated heterocycles. The van der Waals surface area contributed by atoms with E-state index in [9.17, 15) is 10.2 Å². The van der Waals surface area contributed by atoms with E-state index < -0.39 is 12.2 Å². The van der Waals surface area contributed by atoms with Crippen molar-refractivity contribution >= 4 is 11.6 Å². The van der Waals surface area contributed by atoms with Gasteiger partial charge in [-0.25, -0.2) is 9.97 Å². The van der Waals surface area contributed by atoms with Crippen molar-refractivity contribution in [1.82, 2.24) is 19.8 Å². The number of piperazine rings is 2. The quantitative estimate of drug-likeness (QED) is 0.334. The second kappa shape index (κ2) is 14.6. The molecule has 10 nitrogen and oxygen atoms in total. The van der Waals surface area contributed by atoms with Crippen LogP contribution in [0.2, 0.25) is 0 Å². The van der Waals surface area contributed by atoms with Crippen molar-refractivity contribution in [3.05, 3.63) is 72.1 Å². The molecule has 0 spiro atoms. The number of hydrogen-bond donors (Lipinski definition) is 2. The predicted molar refractivity (Wildman–Crippen MR) is 165 cm³/mol. The summed E-state index contributed by atoms with van der Waals surface area (Å²) in [5.41, 5.74) is 2.43. The maximum atomic E-state index is 10.5. The lowest BCUT2D eigenvalue weighted by Gasteiger charge is -2.36. The maximum Gasteiger partial charge on any atom is 0.128 e. The van der Waals surface area contributed by atoms with Crippen molar-refractivity contribution in [2.24, 2.45) is 0 Å². The molecule has 10 heteroatoms. The second-order valence-corrected chi connectivity index (χ2v) is 11.4. The first-order valence-electron chi connectivity index (χ1n) is 14.9. The molecule has 2 N–H and O–H groups in total. The minimum absolute atomic E-state index is 0.228. The SMILES string of the molecule is Cc1ccnc(N2CCN(CC(O)COc3ccc(OCC(O)CN4CCN(c5cc(C)ccn5)CC4)cc3)CC2)c1. The Morgan fingerprint density at radius 1 is 0.619 bits per heavy atom. The van der Waals surface area contributed by atoms with Crippen molar-refractivity contribution in [1.29, 1.82) is 0 Å². The molecule has 0 amide bonds. The van der Waals surface area contributed by atoms with Gasteiger partial charge in [0.1, 0.15) is 48.6 Å². The molecule has 2 aromatic heterocycles. The van der Waals surface area contributed by atoms with Gasteiger partial charge in [-0.3, -0.25) is 9.80 Å². The molecular formula is C32H44N6O4. The fourth-order valence-electron chi connectivity index (χ4n) is 5.42. The summed E-state index contributed by atoms with van der Waals surface area (Å²) in [5.74, 6) is 3.40. The van der Waals surface area contributed by atoms with Gasteiger partial charge in [-0.15, -0.1) is 0 Å². The van der Waals surface area contributed by atoms with Gasteiger partial charge >= 0.3 is 0 Å². The third-order valence-electron chi connectivity index (χ3n) is 7.84. The molecule has 4 heterocycles. The van der Waals surface area contributed by atoms with Crippen LogP contribution in [-0.2, 0) is 0 Å². The molecule has 5 rings (SSSR count). The Morgan fingerprint density at radius 2 is 1.00 bits per heavy atom. The number of benzene rings is 1. The summed E-state index contributed by atoms with van der Waals surface area (Å²) in [6.45, 7) is 12.9. The zero-order chi connectivity index (χ0) is 29.3. The maximum absolute atomic E-state index is 10.5. The van der Waals surface area contributed by atoms with Gasteiger partial charge in [-0.05, 0) is 73.5 Å². The lowest BCUT2D eigenvalue weighted by Crippen LogP contribution is -2.49. The number of hydrogen-bond acceptors (Lipinski definition) is 10. The number of anilines is 2. The van der Waals surface area contributed by atoms with Crippen LogP contribution in [0.4, 0.5) is 11.6 Å². The second-order valence-electron chi connectivity index (χ2n) is 11.4. The van der Waals surface area contributed by atoms with Crippen LogP contribution in [0.5, 0.6) is 11.5 Å². The molecule has 2 fully saturated rings. The number of nitrogens with zero attached hydrogens (tertiary/aromatic N) is 6. The van der Waals surface area contributed by atoms with E-state index in [-0.39, 0.29) is 13.2 Å². The highest BCUT2D eigenvalue weighted by Crippen LogP contribution is 2.19. The number of pyridine rings is 2. The molecule has 0 radical (unpaired) electrons. The summed E-state index contributed by atoms with van der Waals surface area (Å²) in [4.78, 5) is 18.1. The number of β-amino-alcohol motifs (C(OH)–C–C–N with tert-alkyl or cyclic N) is 2. The number of aliphatic hydroxyl groups excluding tert-OH is 2. The highest BCUT2D eigenvalue weighted by molar-refractivity contribution is 5.42. The normalized spacial score (nSPS) is 18.1. The zero-order valence-electron chi connectivity index (χ0n) is 24.8. The largest absolute Gasteiger partial charge is 0.491 e. The third kappa shape index (κ3) is 8.78. The smallest absolute Gasteiger partial charge is 0.128 e. The Balaban J connectivity index is 0.956. The van der Waals surface area contributed by atoms with Crippen LogP contribution in [0, 0.1) is 13.8 Å². The lowest BCUT2D eigenvalue weighted by molar-refractivity contribution is 0.0649. The first-order chi connectivity index (χ1) is 20.4. The first-order valence-corrected chi connectivity index (χ1v) is 14.9. The van der Waals surface area contributed by atoms with Crippen LogP contribution >= 0.6 is 0 Å². The number of aryl methyl sites for hydroxylation is 2. The highest BCUT2D eigenvalue weighted by atomic mass is 16.5. The van der Waals surface area contributed by atoms with Crippen LogP contribution in [-0.4, -0.2) is 121 Å². The van der Waals surface area contributed by atoms with Gasteiger partial charge in [0.15, 0.2) is 0 Å². The molecular weight excluding hydrogens is 532 g/mol. The van der Waals surface area contributed by atoms with Gasteiger partial charge in [0.25, 0.3) is 0 Å². The van der Waals surface area contributed by atoms with Crippen LogP contribution < -0.4 is 19.3 Å². The van der Waals surface area contributed by atoms with E-state index >= 15 is 0 Å². The van der Waals surface area contributed by atoms with Crippen molar-refractivity contribution in [2.75, 3.05) is 88.5 Å². The van der Waals surface area contributed by atoms with Crippen molar-refractivity contribution < 1.29 is 19.7 Å². The zero-order valence-corrected chi connectivity index (χ0v) is 24.8. The van der Waals surface area contributed by atoms with Gasteiger partial charge in [0.05, 0.1) is 0 Å². The van der Waals surface area contributed by atoms with Crippen LogP contribution in [0.3, 0.4) is 0 Å². The number of aromatic nitrogens is 2. The molecule has 2 aliphatic rings. The Morgan fingerprint density at radius 3 is 1.36 bits per heavy atom. The van der Waals surface area contributed by atoms with Crippen molar-refractivity contribution in [3.8, 4) is 11.5 Å². The summed E-state index contributed by atoms with van der Waals surface area (Å²) in [5, 5.41) is 21.1. The molecule has 0 aliphatic carbocycles. The average molecular weight is 577 g/mol. The third-order valence-corrected chi connectivity index (χ3v) is 7.84. The Labute approximate surface area is 249 Å². The van der Waals surface area contributed by atoms with Crippen molar-refractivity contribution in [3.63, 3.8) is 0 Å². The monoisotopic (exact) mass is 576 g/mol. The fourth-order valence-corrected chi connectivity index (χ4v) is 5.42. The molecule has 3 aromatic rings. The molecule has 2 aliphatic heterocycles. The number of ether oxygens (including phenoxy) is 2. The molecule has 2 unspecified atom stereocenters. The van der Waals surface area contributed by atoms with Gasteiger partial charge in [0, 0.05) is 77.8 Å². The minimum atomic E-state index is -0.574. The standard InChI is InChI=1S/C32H44N6O4/c1-25-7-9-33-31(19-25)37-15-11-35(12-16-37)21-27(39)23-41-29-3-5-30(6-4-29)42-24-28(40)22-36-13-17-38(18-14-36)32-20-26(2)8-10-34-32/h3-10,19-20,27-28,39-40H,11-18,21-24H2,1-2H3. The fraction of sp³-hybridized carbons (Fsp3) is 0.500. The van der Waals surface area contributed by atoms with Crippen LogP contribution in [0.1, 0.15) is 11.1 Å². The summed E-state index contributed by atoms with van der Waals surface area (Å²) >= 11 is 0. The van der Waals surface area contributed by atoms with E-state index in [1.807, 2.05) is 48.8 Å². The number of aliphatic hydroxyl groups is 2. The first kappa shape index (κ1) is 30.0. The Hall–Kier alpha value is -3.44. The molecule has 1 aromatic carbocycles. The minimum Gasteiger partial charge on any atom is -0.491 e. The molecule has 42 heavy (non-hydrogen) atoms. The van der Waals surface area contributed by atoms with E-state index in [0.29, 0.717) is 24.6 Å². The summed E-state index contributed by atoms with van der Waals surface area (Å²) < 4.78 is 11.6. The summed E-state index contributed by atoms with van der Waals surface area (Å²) in [7, 11) is 0. The number of rotatable bonds is 12. The molecule has 226 valence electrons. The van der Waals surface area contributed by atoms with E-state index in [2.05, 4.69) is 55.5 Å². The van der Waals surface area contributed by atoms with Gasteiger partial charge in [-0.2, -0.15) is 0 Å². The van der Waals surface area contributed by atoms with Gasteiger partial charge in [0.2, 0.25) is 0 Å². The topological polar surface area (TPSA) is 97.7 Å². The van der Waals surface area contributed by atoms with Crippen LogP contribution in [0.15, 0.2) is 60.9 Å². The predicted octanol–water partition coefficient (Wildman–Crippen LogP) is 2.22. The van der Waals surface area contributed by atoms with E-state index in [4.69, 9.17) is 9.47 Å². The van der Waals surface area contributed by atoms with Crippen molar-refractivity contribution in [2.45, 2.75) is 26.1 Å². The Bertz CT molecular complexity index is 1150. The van der Waals surface area contributed by atoms with Gasteiger partial charge in [-0.1, -0.05) is 0 Å². The van der Waals surface area contributed by atoms with Crippen LogP contribution in [0.25, 0.3) is 0 Å². The molecule has 0 bridgehead atoms.